The maximum Gasteiger partial charge on any atom is 0.338 e. The molecule has 0 atom stereocenters. The number of halogens is 1. The maximum atomic E-state index is 12.3. The topological polar surface area (TPSA) is 57.2 Å². The summed E-state index contributed by atoms with van der Waals surface area (Å²) in [6, 6.07) is 9.44. The smallest absolute Gasteiger partial charge is 0.338 e. The zero-order valence-corrected chi connectivity index (χ0v) is 15.3. The van der Waals surface area contributed by atoms with E-state index in [2.05, 4.69) is 0 Å². The summed E-state index contributed by atoms with van der Waals surface area (Å²) in [6.45, 7) is 0.0926. The van der Waals surface area contributed by atoms with Crippen molar-refractivity contribution in [2.24, 2.45) is 0 Å². The minimum absolute atomic E-state index is 0. The van der Waals surface area contributed by atoms with Crippen molar-refractivity contribution in [1.29, 1.82) is 0 Å². The summed E-state index contributed by atoms with van der Waals surface area (Å²) in [4.78, 5) is 14.3. The number of carbonyl (C=O) groups is 1. The fourth-order valence-electron chi connectivity index (χ4n) is 2.69. The van der Waals surface area contributed by atoms with Gasteiger partial charge in [0, 0.05) is 25.3 Å². The van der Waals surface area contributed by atoms with Gasteiger partial charge in [0.05, 0.1) is 19.8 Å². The highest BCUT2D eigenvalue weighted by Gasteiger charge is 2.29. The van der Waals surface area contributed by atoms with Crippen molar-refractivity contribution < 1.29 is 23.7 Å². The highest BCUT2D eigenvalue weighted by Crippen LogP contribution is 2.49. The van der Waals surface area contributed by atoms with Crippen LogP contribution >= 0.6 is 12.4 Å². The zero-order chi connectivity index (χ0) is 17.3. The van der Waals surface area contributed by atoms with Gasteiger partial charge in [-0.3, -0.25) is 0 Å². The molecule has 0 saturated heterocycles. The summed E-state index contributed by atoms with van der Waals surface area (Å²) < 4.78 is 21.4. The second-order valence-corrected chi connectivity index (χ2v) is 5.50. The van der Waals surface area contributed by atoms with Gasteiger partial charge < -0.3 is 23.8 Å². The van der Waals surface area contributed by atoms with Crippen molar-refractivity contribution in [3.63, 3.8) is 0 Å². The third-order valence-electron chi connectivity index (χ3n) is 3.90. The molecule has 0 radical (unpaired) electrons. The van der Waals surface area contributed by atoms with Gasteiger partial charge in [0.1, 0.15) is 0 Å². The van der Waals surface area contributed by atoms with Gasteiger partial charge in [-0.25, -0.2) is 4.79 Å². The Hall–Kier alpha value is -2.60. The Morgan fingerprint density at radius 2 is 1.80 bits per heavy atom. The number of ether oxygens (including phenoxy) is 4. The standard InChI is InChI=1S/C18H19NO5.ClH/c1-19(2)12-7-5-11(6-8-12)15-13(18(20)22-4)9-14-16(17(15)21-3)24-10-23-14;/h5-9H,10H2,1-4H3;1H. The van der Waals surface area contributed by atoms with Gasteiger partial charge in [0.2, 0.25) is 12.5 Å². The second-order valence-electron chi connectivity index (χ2n) is 5.50. The van der Waals surface area contributed by atoms with Crippen LogP contribution in [-0.4, -0.2) is 41.1 Å². The molecule has 0 fully saturated rings. The third kappa shape index (κ3) is 3.30. The van der Waals surface area contributed by atoms with E-state index in [1.165, 1.54) is 14.2 Å². The highest BCUT2D eigenvalue weighted by atomic mass is 35.5. The molecule has 0 aromatic heterocycles. The maximum absolute atomic E-state index is 12.3. The van der Waals surface area contributed by atoms with Crippen LogP contribution in [0.2, 0.25) is 0 Å². The molecule has 0 unspecified atom stereocenters. The molecule has 6 nitrogen and oxygen atoms in total. The number of esters is 1. The van der Waals surface area contributed by atoms with Crippen LogP contribution in [0, 0.1) is 0 Å². The quantitative estimate of drug-likeness (QED) is 0.774. The average Bonchev–Trinajstić information content (AvgIpc) is 3.07. The van der Waals surface area contributed by atoms with Crippen LogP contribution in [-0.2, 0) is 4.74 Å². The van der Waals surface area contributed by atoms with Gasteiger partial charge in [-0.15, -0.1) is 12.4 Å². The molecular weight excluding hydrogens is 346 g/mol. The van der Waals surface area contributed by atoms with Crippen molar-refractivity contribution in [3.05, 3.63) is 35.9 Å². The lowest BCUT2D eigenvalue weighted by Gasteiger charge is -2.17. The molecule has 0 N–H and O–H groups in total. The van der Waals surface area contributed by atoms with E-state index in [-0.39, 0.29) is 19.2 Å². The van der Waals surface area contributed by atoms with E-state index >= 15 is 0 Å². The molecule has 134 valence electrons. The van der Waals surface area contributed by atoms with Crippen molar-refractivity contribution in [1.82, 2.24) is 0 Å². The summed E-state index contributed by atoms with van der Waals surface area (Å²) >= 11 is 0. The minimum Gasteiger partial charge on any atom is -0.492 e. The first-order valence-electron chi connectivity index (χ1n) is 7.43. The molecule has 1 aliphatic heterocycles. The van der Waals surface area contributed by atoms with Crippen molar-refractivity contribution in [2.45, 2.75) is 0 Å². The van der Waals surface area contributed by atoms with Crippen molar-refractivity contribution >= 4 is 24.1 Å². The summed E-state index contributed by atoms with van der Waals surface area (Å²) in [5.74, 6) is 0.971. The predicted octanol–water partition coefficient (Wildman–Crippen LogP) is 3.37. The molecule has 3 rings (SSSR count). The van der Waals surface area contributed by atoms with Crippen LogP contribution < -0.4 is 19.1 Å². The molecule has 0 spiro atoms. The van der Waals surface area contributed by atoms with Gasteiger partial charge >= 0.3 is 5.97 Å². The Morgan fingerprint density at radius 3 is 2.36 bits per heavy atom. The normalized spacial score (nSPS) is 11.5. The number of hydrogen-bond acceptors (Lipinski definition) is 6. The van der Waals surface area contributed by atoms with Gasteiger partial charge in [-0.1, -0.05) is 12.1 Å². The largest absolute Gasteiger partial charge is 0.492 e. The van der Waals surface area contributed by atoms with Crippen LogP contribution in [0.15, 0.2) is 30.3 Å². The monoisotopic (exact) mass is 365 g/mol. The van der Waals surface area contributed by atoms with Crippen molar-refractivity contribution in [3.8, 4) is 28.4 Å². The lowest BCUT2D eigenvalue weighted by molar-refractivity contribution is 0.0601. The lowest BCUT2D eigenvalue weighted by Crippen LogP contribution is -2.08. The molecular formula is C18H20ClNO5. The number of anilines is 1. The molecule has 1 aliphatic rings. The molecule has 1 heterocycles. The van der Waals surface area contributed by atoms with E-state index in [4.69, 9.17) is 18.9 Å². The van der Waals surface area contributed by atoms with Crippen LogP contribution in [0.25, 0.3) is 11.1 Å². The molecule has 25 heavy (non-hydrogen) atoms. The number of hydrogen-bond donors (Lipinski definition) is 0. The van der Waals surface area contributed by atoms with Gasteiger partial charge in [-0.05, 0) is 23.8 Å². The first kappa shape index (κ1) is 18.7. The SMILES string of the molecule is COC(=O)c1cc2c(c(OC)c1-c1ccc(N(C)C)cc1)OCO2.Cl. The number of nitrogens with zero attached hydrogens (tertiary/aromatic N) is 1. The van der Waals surface area contributed by atoms with E-state index in [1.807, 2.05) is 43.3 Å². The summed E-state index contributed by atoms with van der Waals surface area (Å²) in [7, 11) is 6.82. The van der Waals surface area contributed by atoms with Crippen LogP contribution in [0.5, 0.6) is 17.2 Å². The van der Waals surface area contributed by atoms with Crippen molar-refractivity contribution in [2.75, 3.05) is 40.0 Å². The fourth-order valence-corrected chi connectivity index (χ4v) is 2.69. The molecule has 7 heteroatoms. The van der Waals surface area contributed by atoms with E-state index < -0.39 is 5.97 Å². The summed E-state index contributed by atoms with van der Waals surface area (Å²) in [5.41, 5.74) is 2.88. The number of rotatable bonds is 4. The number of benzene rings is 2. The molecule has 0 amide bonds. The molecule has 0 bridgehead atoms. The lowest BCUT2D eigenvalue weighted by atomic mass is 9.97. The van der Waals surface area contributed by atoms with Gasteiger partial charge in [-0.2, -0.15) is 0 Å². The van der Waals surface area contributed by atoms with E-state index in [0.717, 1.165) is 11.3 Å². The Balaban J connectivity index is 0.00000225. The number of methoxy groups -OCH3 is 2. The Kier molecular flexibility index (Phi) is 5.64. The van der Waals surface area contributed by atoms with Crippen LogP contribution in [0.3, 0.4) is 0 Å². The van der Waals surface area contributed by atoms with E-state index in [1.54, 1.807) is 6.07 Å². The predicted molar refractivity (Wildman–Crippen MR) is 97.5 cm³/mol. The minimum atomic E-state index is -0.460. The third-order valence-corrected chi connectivity index (χ3v) is 3.90. The summed E-state index contributed by atoms with van der Waals surface area (Å²) in [5, 5.41) is 0. The number of fused-ring (bicyclic) bond motifs is 1. The van der Waals surface area contributed by atoms with E-state index in [9.17, 15) is 4.79 Å². The number of carbonyl (C=O) groups excluding carboxylic acids is 1. The first-order chi connectivity index (χ1) is 11.6. The van der Waals surface area contributed by atoms with Gasteiger partial charge in [0.25, 0.3) is 0 Å². The summed E-state index contributed by atoms with van der Waals surface area (Å²) in [6.07, 6.45) is 0. The van der Waals surface area contributed by atoms with E-state index in [0.29, 0.717) is 28.4 Å². The average molecular weight is 366 g/mol. The molecule has 0 aliphatic carbocycles. The Morgan fingerprint density at radius 1 is 1.12 bits per heavy atom. The highest BCUT2D eigenvalue weighted by molar-refractivity contribution is 6.01. The second kappa shape index (κ2) is 7.53. The fraction of sp³-hybridized carbons (Fsp3) is 0.278. The zero-order valence-electron chi connectivity index (χ0n) is 14.5. The van der Waals surface area contributed by atoms with Gasteiger partial charge in [0.15, 0.2) is 11.5 Å². The Labute approximate surface area is 152 Å². The first-order valence-corrected chi connectivity index (χ1v) is 7.43. The van der Waals surface area contributed by atoms with Crippen LogP contribution in [0.1, 0.15) is 10.4 Å². The molecule has 2 aromatic rings. The van der Waals surface area contributed by atoms with Crippen LogP contribution in [0.4, 0.5) is 5.69 Å². The molecule has 2 aromatic carbocycles. The molecule has 0 saturated carbocycles. The Bertz CT molecular complexity index is 774.